The summed E-state index contributed by atoms with van der Waals surface area (Å²) in [7, 11) is 0. The molecular formula is C17H16N2S. The number of fused-ring (bicyclic) bond motifs is 1. The lowest BCUT2D eigenvalue weighted by Crippen LogP contribution is -2.16. The number of nitrogens with zero attached hydrogens (tertiary/aromatic N) is 1. The lowest BCUT2D eigenvalue weighted by Gasteiger charge is -2.27. The van der Waals surface area contributed by atoms with Gasteiger partial charge in [-0.25, -0.2) is 0 Å². The Kier molecular flexibility index (Phi) is 3.66. The quantitative estimate of drug-likeness (QED) is 0.878. The van der Waals surface area contributed by atoms with Crippen molar-refractivity contribution in [2.45, 2.75) is 24.3 Å². The summed E-state index contributed by atoms with van der Waals surface area (Å²) in [5, 5.41) is 12.9. The molecule has 3 rings (SSSR count). The first kappa shape index (κ1) is 13.1. The second-order valence-electron chi connectivity index (χ2n) is 4.98. The molecule has 20 heavy (non-hydrogen) atoms. The molecule has 1 atom stereocenters. The number of rotatable bonds is 2. The van der Waals surface area contributed by atoms with Gasteiger partial charge in [-0.15, -0.1) is 11.8 Å². The third-order valence-electron chi connectivity index (χ3n) is 3.67. The van der Waals surface area contributed by atoms with Gasteiger partial charge >= 0.3 is 0 Å². The summed E-state index contributed by atoms with van der Waals surface area (Å²) in [6.45, 7) is 1.98. The summed E-state index contributed by atoms with van der Waals surface area (Å²) in [6.07, 6.45) is 1.08. The number of nitrogens with one attached hydrogen (secondary N) is 1. The Labute approximate surface area is 123 Å². The van der Waals surface area contributed by atoms with Crippen molar-refractivity contribution in [1.82, 2.24) is 0 Å². The molecule has 1 heterocycles. The zero-order valence-corrected chi connectivity index (χ0v) is 12.2. The highest BCUT2D eigenvalue weighted by Gasteiger charge is 2.21. The van der Waals surface area contributed by atoms with Crippen LogP contribution in [0.25, 0.3) is 0 Å². The van der Waals surface area contributed by atoms with Crippen molar-refractivity contribution in [2.75, 3.05) is 11.1 Å². The van der Waals surface area contributed by atoms with Crippen molar-refractivity contribution in [1.29, 1.82) is 5.26 Å². The number of aryl methyl sites for hydroxylation is 1. The first-order valence-corrected chi connectivity index (χ1v) is 7.76. The Morgan fingerprint density at radius 2 is 2.05 bits per heavy atom. The van der Waals surface area contributed by atoms with Gasteiger partial charge in [-0.3, -0.25) is 0 Å². The summed E-state index contributed by atoms with van der Waals surface area (Å²) in [5.74, 6) is 1.11. The molecule has 0 aromatic heterocycles. The molecule has 1 unspecified atom stereocenters. The van der Waals surface area contributed by atoms with Crippen molar-refractivity contribution in [3.63, 3.8) is 0 Å². The van der Waals surface area contributed by atoms with Crippen molar-refractivity contribution in [3.05, 3.63) is 59.2 Å². The van der Waals surface area contributed by atoms with E-state index in [4.69, 9.17) is 0 Å². The van der Waals surface area contributed by atoms with Gasteiger partial charge in [0.1, 0.15) is 6.07 Å². The first-order valence-electron chi connectivity index (χ1n) is 6.77. The summed E-state index contributed by atoms with van der Waals surface area (Å²) in [5.41, 5.74) is 4.06. The Bertz CT molecular complexity index is 673. The number of hydrogen-bond donors (Lipinski definition) is 1. The van der Waals surface area contributed by atoms with Crippen LogP contribution in [0.1, 0.15) is 29.2 Å². The van der Waals surface area contributed by atoms with E-state index in [9.17, 15) is 5.26 Å². The molecule has 2 aromatic carbocycles. The van der Waals surface area contributed by atoms with Crippen LogP contribution in [0.5, 0.6) is 0 Å². The molecule has 3 heteroatoms. The topological polar surface area (TPSA) is 35.8 Å². The smallest absolute Gasteiger partial charge is 0.102 e. The summed E-state index contributed by atoms with van der Waals surface area (Å²) < 4.78 is 0. The lowest BCUT2D eigenvalue weighted by molar-refractivity contribution is 0.728. The van der Waals surface area contributed by atoms with Crippen molar-refractivity contribution in [3.8, 4) is 6.07 Å². The van der Waals surface area contributed by atoms with Gasteiger partial charge in [-0.2, -0.15) is 5.26 Å². The Morgan fingerprint density at radius 1 is 1.20 bits per heavy atom. The van der Waals surface area contributed by atoms with E-state index in [-0.39, 0.29) is 0 Å². The highest BCUT2D eigenvalue weighted by atomic mass is 32.2. The minimum absolute atomic E-state index is 0.293. The number of hydrogen-bond acceptors (Lipinski definition) is 3. The van der Waals surface area contributed by atoms with Crippen LogP contribution in [0, 0.1) is 18.3 Å². The second kappa shape index (κ2) is 5.60. The molecule has 0 saturated heterocycles. The Balaban J connectivity index is 1.94. The minimum atomic E-state index is 0.293. The average molecular weight is 280 g/mol. The van der Waals surface area contributed by atoms with Crippen LogP contribution in [0.2, 0.25) is 0 Å². The Morgan fingerprint density at radius 3 is 2.90 bits per heavy atom. The Hall–Kier alpha value is -1.92. The number of benzene rings is 2. The van der Waals surface area contributed by atoms with Gasteiger partial charge in [0.25, 0.3) is 0 Å². The molecular weight excluding hydrogens is 264 g/mol. The fourth-order valence-corrected chi connectivity index (χ4v) is 3.74. The van der Waals surface area contributed by atoms with Gasteiger partial charge < -0.3 is 5.32 Å². The molecule has 0 radical (unpaired) electrons. The fourth-order valence-electron chi connectivity index (χ4n) is 2.62. The molecule has 0 saturated carbocycles. The van der Waals surface area contributed by atoms with Crippen LogP contribution in [0.3, 0.4) is 0 Å². The number of nitriles is 1. The van der Waals surface area contributed by atoms with Gasteiger partial charge in [0, 0.05) is 10.6 Å². The minimum Gasteiger partial charge on any atom is -0.377 e. The third-order valence-corrected chi connectivity index (χ3v) is 4.80. The molecule has 100 valence electrons. The molecule has 1 aliphatic rings. The largest absolute Gasteiger partial charge is 0.377 e. The summed E-state index contributed by atoms with van der Waals surface area (Å²) in [6, 6.07) is 17.1. The third kappa shape index (κ3) is 2.39. The van der Waals surface area contributed by atoms with Gasteiger partial charge in [0.05, 0.1) is 17.3 Å². The van der Waals surface area contributed by atoms with E-state index < -0.39 is 0 Å². The van der Waals surface area contributed by atoms with Crippen molar-refractivity contribution in [2.24, 2.45) is 0 Å². The maximum atomic E-state index is 9.33. The number of thioether (sulfide) groups is 1. The van der Waals surface area contributed by atoms with E-state index in [1.54, 1.807) is 0 Å². The van der Waals surface area contributed by atoms with Gasteiger partial charge in [0.15, 0.2) is 0 Å². The molecule has 0 bridgehead atoms. The highest BCUT2D eigenvalue weighted by Crippen LogP contribution is 2.38. The van der Waals surface area contributed by atoms with Gasteiger partial charge in [-0.05, 0) is 36.6 Å². The molecule has 0 fully saturated rings. The molecule has 2 nitrogen and oxygen atoms in total. The van der Waals surface area contributed by atoms with Crippen LogP contribution < -0.4 is 5.32 Å². The number of anilines is 1. The van der Waals surface area contributed by atoms with Crippen LogP contribution >= 0.6 is 11.8 Å². The van der Waals surface area contributed by atoms with E-state index in [1.807, 2.05) is 36.9 Å². The zero-order chi connectivity index (χ0) is 13.9. The predicted octanol–water partition coefficient (Wildman–Crippen LogP) is 4.52. The fraction of sp³-hybridized carbons (Fsp3) is 0.235. The molecule has 1 N–H and O–H groups in total. The van der Waals surface area contributed by atoms with Crippen LogP contribution in [-0.4, -0.2) is 5.75 Å². The molecule has 2 aromatic rings. The van der Waals surface area contributed by atoms with Crippen molar-refractivity contribution < 1.29 is 0 Å². The predicted molar refractivity (Wildman–Crippen MR) is 84.0 cm³/mol. The first-order chi connectivity index (χ1) is 9.79. The van der Waals surface area contributed by atoms with E-state index in [0.717, 1.165) is 29.0 Å². The lowest BCUT2D eigenvalue weighted by atomic mass is 10.0. The highest BCUT2D eigenvalue weighted by molar-refractivity contribution is 7.99. The summed E-state index contributed by atoms with van der Waals surface area (Å²) in [4.78, 5) is 1.35. The second-order valence-corrected chi connectivity index (χ2v) is 6.12. The van der Waals surface area contributed by atoms with Crippen LogP contribution in [-0.2, 0) is 0 Å². The molecule has 1 aliphatic heterocycles. The molecule has 0 aliphatic carbocycles. The van der Waals surface area contributed by atoms with Gasteiger partial charge in [-0.1, -0.05) is 30.3 Å². The normalized spacial score (nSPS) is 17.1. The van der Waals surface area contributed by atoms with Crippen LogP contribution in [0.4, 0.5) is 5.69 Å². The SMILES string of the molecule is Cc1cccc(NC2CCSc3ccccc32)c1C#N. The summed E-state index contributed by atoms with van der Waals surface area (Å²) >= 11 is 1.91. The van der Waals surface area contributed by atoms with E-state index >= 15 is 0 Å². The standard InChI is InChI=1S/C17H16N2S/c1-12-5-4-7-15(14(12)11-18)19-16-9-10-20-17-8-3-2-6-13(16)17/h2-8,16,19H,9-10H2,1H3. The average Bonchev–Trinajstić information content (AvgIpc) is 2.48. The molecule has 0 amide bonds. The van der Waals surface area contributed by atoms with Crippen LogP contribution in [0.15, 0.2) is 47.4 Å². The van der Waals surface area contributed by atoms with E-state index in [1.165, 1.54) is 10.5 Å². The monoisotopic (exact) mass is 280 g/mol. The van der Waals surface area contributed by atoms with Gasteiger partial charge in [0.2, 0.25) is 0 Å². The zero-order valence-electron chi connectivity index (χ0n) is 11.4. The van der Waals surface area contributed by atoms with E-state index in [2.05, 4.69) is 35.7 Å². The molecule has 0 spiro atoms. The van der Waals surface area contributed by atoms with Crippen molar-refractivity contribution >= 4 is 17.4 Å². The maximum absolute atomic E-state index is 9.33. The van der Waals surface area contributed by atoms with E-state index in [0.29, 0.717) is 6.04 Å². The maximum Gasteiger partial charge on any atom is 0.102 e.